The fraction of sp³-hybridized carbons (Fsp3) is 0.643. The molecule has 1 fully saturated rings. The van der Waals surface area contributed by atoms with Gasteiger partial charge in [0.25, 0.3) is 0 Å². The van der Waals surface area contributed by atoms with Crippen molar-refractivity contribution in [2.45, 2.75) is 45.4 Å². The summed E-state index contributed by atoms with van der Waals surface area (Å²) in [6.45, 7) is 5.71. The average Bonchev–Trinajstić information content (AvgIpc) is 2.39. The molecule has 0 N–H and O–H groups in total. The van der Waals surface area contributed by atoms with Crippen LogP contribution in [0.2, 0.25) is 0 Å². The molecule has 0 saturated carbocycles. The van der Waals surface area contributed by atoms with Crippen LogP contribution in [0, 0.1) is 6.92 Å². The number of likely N-dealkylation sites (tertiary alicyclic amines) is 1. The average molecular weight is 247 g/mol. The van der Waals surface area contributed by atoms with Crippen LogP contribution in [-0.4, -0.2) is 33.9 Å². The molecule has 98 valence electrons. The summed E-state index contributed by atoms with van der Waals surface area (Å²) in [7, 11) is 0. The molecular formula is C14H21N3O. The van der Waals surface area contributed by atoms with E-state index in [0.717, 1.165) is 43.9 Å². The van der Waals surface area contributed by atoms with Gasteiger partial charge in [0.1, 0.15) is 5.82 Å². The van der Waals surface area contributed by atoms with Crippen LogP contribution in [0.4, 0.5) is 0 Å². The molecule has 1 amide bonds. The smallest absolute Gasteiger partial charge is 0.222 e. The Balaban J connectivity index is 1.92. The lowest BCUT2D eigenvalue weighted by Crippen LogP contribution is -2.37. The second-order valence-corrected chi connectivity index (χ2v) is 4.93. The van der Waals surface area contributed by atoms with Crippen molar-refractivity contribution in [3.05, 3.63) is 23.8 Å². The summed E-state index contributed by atoms with van der Waals surface area (Å²) in [5, 5.41) is 0. The van der Waals surface area contributed by atoms with Gasteiger partial charge in [-0.15, -0.1) is 0 Å². The van der Waals surface area contributed by atoms with E-state index in [1.807, 2.05) is 31.0 Å². The van der Waals surface area contributed by atoms with Gasteiger partial charge in [-0.05, 0) is 32.3 Å². The summed E-state index contributed by atoms with van der Waals surface area (Å²) in [6, 6.07) is 2.00. The zero-order chi connectivity index (χ0) is 13.0. The van der Waals surface area contributed by atoms with Gasteiger partial charge in [0.05, 0.1) is 0 Å². The number of amides is 1. The molecule has 1 aliphatic heterocycles. The molecule has 0 radical (unpaired) electrons. The van der Waals surface area contributed by atoms with Gasteiger partial charge in [-0.1, -0.05) is 6.92 Å². The summed E-state index contributed by atoms with van der Waals surface area (Å²) in [6.07, 6.45) is 5.48. The Labute approximate surface area is 108 Å². The van der Waals surface area contributed by atoms with Gasteiger partial charge in [-0.2, -0.15) is 0 Å². The zero-order valence-corrected chi connectivity index (χ0v) is 11.2. The normalized spacial score (nSPS) is 16.9. The third kappa shape index (κ3) is 3.06. The van der Waals surface area contributed by atoms with Crippen molar-refractivity contribution in [2.75, 3.05) is 13.1 Å². The molecule has 1 aliphatic rings. The Kier molecular flexibility index (Phi) is 4.28. The SMILES string of the molecule is CCCC(=O)N1CCC(c2ccnc(C)n2)CC1. The Morgan fingerprint density at radius 3 is 2.78 bits per heavy atom. The first kappa shape index (κ1) is 13.0. The van der Waals surface area contributed by atoms with Crippen molar-refractivity contribution in [3.8, 4) is 0 Å². The fourth-order valence-electron chi connectivity index (χ4n) is 2.50. The van der Waals surface area contributed by atoms with Crippen LogP contribution in [-0.2, 0) is 4.79 Å². The van der Waals surface area contributed by atoms with Gasteiger partial charge < -0.3 is 4.90 Å². The standard InChI is InChI=1S/C14H21N3O/c1-3-4-14(18)17-9-6-12(7-10-17)13-5-8-15-11(2)16-13/h5,8,12H,3-4,6-7,9-10H2,1-2H3. The molecular weight excluding hydrogens is 226 g/mol. The zero-order valence-electron chi connectivity index (χ0n) is 11.2. The third-order valence-electron chi connectivity index (χ3n) is 3.53. The van der Waals surface area contributed by atoms with Gasteiger partial charge >= 0.3 is 0 Å². The van der Waals surface area contributed by atoms with Gasteiger partial charge in [-0.25, -0.2) is 9.97 Å². The maximum absolute atomic E-state index is 11.8. The molecule has 0 atom stereocenters. The molecule has 2 heterocycles. The van der Waals surface area contributed by atoms with E-state index in [9.17, 15) is 4.79 Å². The predicted molar refractivity (Wildman–Crippen MR) is 70.2 cm³/mol. The second-order valence-electron chi connectivity index (χ2n) is 4.93. The second kappa shape index (κ2) is 5.94. The first-order valence-corrected chi connectivity index (χ1v) is 6.78. The predicted octanol–water partition coefficient (Wildman–Crippen LogP) is 2.29. The van der Waals surface area contributed by atoms with Gasteiger partial charge in [0.2, 0.25) is 5.91 Å². The Bertz CT molecular complexity index is 411. The molecule has 0 spiro atoms. The summed E-state index contributed by atoms with van der Waals surface area (Å²) in [4.78, 5) is 22.4. The first-order valence-electron chi connectivity index (χ1n) is 6.78. The van der Waals surface area contributed by atoms with E-state index in [0.29, 0.717) is 18.2 Å². The number of rotatable bonds is 3. The van der Waals surface area contributed by atoms with Crippen LogP contribution >= 0.6 is 0 Å². The van der Waals surface area contributed by atoms with E-state index in [2.05, 4.69) is 9.97 Å². The number of hydrogen-bond donors (Lipinski definition) is 0. The van der Waals surface area contributed by atoms with E-state index in [1.54, 1.807) is 0 Å². The third-order valence-corrected chi connectivity index (χ3v) is 3.53. The van der Waals surface area contributed by atoms with E-state index >= 15 is 0 Å². The summed E-state index contributed by atoms with van der Waals surface area (Å²) < 4.78 is 0. The first-order chi connectivity index (χ1) is 8.70. The van der Waals surface area contributed by atoms with Crippen LogP contribution in [0.1, 0.15) is 50.0 Å². The van der Waals surface area contributed by atoms with Crippen molar-refractivity contribution in [1.29, 1.82) is 0 Å². The molecule has 4 heteroatoms. The van der Waals surface area contributed by atoms with Crippen molar-refractivity contribution >= 4 is 5.91 Å². The molecule has 0 aromatic carbocycles. The Hall–Kier alpha value is -1.45. The Morgan fingerprint density at radius 2 is 2.17 bits per heavy atom. The lowest BCUT2D eigenvalue weighted by molar-refractivity contribution is -0.132. The summed E-state index contributed by atoms with van der Waals surface area (Å²) in [5.41, 5.74) is 1.13. The molecule has 1 saturated heterocycles. The topological polar surface area (TPSA) is 46.1 Å². The maximum atomic E-state index is 11.8. The molecule has 0 bridgehead atoms. The number of piperidine rings is 1. The maximum Gasteiger partial charge on any atom is 0.222 e. The highest BCUT2D eigenvalue weighted by Gasteiger charge is 2.24. The van der Waals surface area contributed by atoms with Crippen molar-refractivity contribution in [2.24, 2.45) is 0 Å². The van der Waals surface area contributed by atoms with Crippen molar-refractivity contribution in [3.63, 3.8) is 0 Å². The van der Waals surface area contributed by atoms with E-state index in [1.165, 1.54) is 0 Å². The highest BCUT2D eigenvalue weighted by Crippen LogP contribution is 2.26. The van der Waals surface area contributed by atoms with Crippen LogP contribution in [0.15, 0.2) is 12.3 Å². The molecule has 18 heavy (non-hydrogen) atoms. The number of carbonyl (C=O) groups is 1. The monoisotopic (exact) mass is 247 g/mol. The quantitative estimate of drug-likeness (QED) is 0.823. The molecule has 0 aliphatic carbocycles. The van der Waals surface area contributed by atoms with Gasteiger partial charge in [-0.3, -0.25) is 4.79 Å². The number of aromatic nitrogens is 2. The van der Waals surface area contributed by atoms with Crippen LogP contribution in [0.25, 0.3) is 0 Å². The van der Waals surface area contributed by atoms with Crippen LogP contribution < -0.4 is 0 Å². The molecule has 0 unspecified atom stereocenters. The van der Waals surface area contributed by atoms with Crippen molar-refractivity contribution in [1.82, 2.24) is 14.9 Å². The lowest BCUT2D eigenvalue weighted by atomic mass is 9.93. The minimum absolute atomic E-state index is 0.301. The van der Waals surface area contributed by atoms with E-state index in [4.69, 9.17) is 0 Å². The number of carbonyl (C=O) groups excluding carboxylic acids is 1. The summed E-state index contributed by atoms with van der Waals surface area (Å²) >= 11 is 0. The number of hydrogen-bond acceptors (Lipinski definition) is 3. The molecule has 1 aromatic rings. The van der Waals surface area contributed by atoms with Crippen LogP contribution in [0.5, 0.6) is 0 Å². The number of nitrogens with zero attached hydrogens (tertiary/aromatic N) is 3. The van der Waals surface area contributed by atoms with Crippen molar-refractivity contribution < 1.29 is 4.79 Å². The molecule has 1 aromatic heterocycles. The van der Waals surface area contributed by atoms with Gasteiger partial charge in [0, 0.05) is 37.3 Å². The number of aryl methyl sites for hydroxylation is 1. The summed E-state index contributed by atoms with van der Waals surface area (Å²) in [5.74, 6) is 1.61. The van der Waals surface area contributed by atoms with E-state index < -0.39 is 0 Å². The lowest BCUT2D eigenvalue weighted by Gasteiger charge is -2.31. The molecule has 2 rings (SSSR count). The van der Waals surface area contributed by atoms with Gasteiger partial charge in [0.15, 0.2) is 0 Å². The minimum Gasteiger partial charge on any atom is -0.343 e. The Morgan fingerprint density at radius 1 is 1.44 bits per heavy atom. The highest BCUT2D eigenvalue weighted by atomic mass is 16.2. The fourth-order valence-corrected chi connectivity index (χ4v) is 2.50. The largest absolute Gasteiger partial charge is 0.343 e. The minimum atomic E-state index is 0.301. The highest BCUT2D eigenvalue weighted by molar-refractivity contribution is 5.76. The molecule has 4 nitrogen and oxygen atoms in total. The van der Waals surface area contributed by atoms with Crippen LogP contribution in [0.3, 0.4) is 0 Å². The van der Waals surface area contributed by atoms with E-state index in [-0.39, 0.29) is 0 Å².